The fourth-order valence-corrected chi connectivity index (χ4v) is 10.6. The van der Waals surface area contributed by atoms with Gasteiger partial charge in [0.1, 0.15) is 11.8 Å². The van der Waals surface area contributed by atoms with Crippen molar-refractivity contribution in [1.82, 2.24) is 4.90 Å². The molecule has 2 bridgehead atoms. The van der Waals surface area contributed by atoms with Crippen molar-refractivity contribution in [3.8, 4) is 5.75 Å². The predicted octanol–water partition coefficient (Wildman–Crippen LogP) is 5.32. The molecule has 3 heterocycles. The van der Waals surface area contributed by atoms with Crippen molar-refractivity contribution in [3.63, 3.8) is 0 Å². The molecule has 11 heteroatoms. The van der Waals surface area contributed by atoms with Gasteiger partial charge in [0.2, 0.25) is 11.8 Å². The minimum atomic E-state index is -0.826. The SMILES string of the molecule is C=CCN(C(=O)C1N(CCCO)C(=O)[C@@H]2[C@@H](C(=O)N(CC=C)c3ccc(OCC)cc3)[C@@H]3SC12CC3Br)c1ccc(Cl)cc1. The molecule has 0 aromatic heterocycles. The predicted molar refractivity (Wildman–Crippen MR) is 180 cm³/mol. The van der Waals surface area contributed by atoms with Crippen LogP contribution in [-0.2, 0) is 14.4 Å². The second-order valence-corrected chi connectivity index (χ2v) is 14.3. The van der Waals surface area contributed by atoms with E-state index < -0.39 is 22.6 Å². The summed E-state index contributed by atoms with van der Waals surface area (Å²) >= 11 is 11.6. The summed E-state index contributed by atoms with van der Waals surface area (Å²) < 4.78 is 4.76. The number of hydrogen-bond donors (Lipinski definition) is 1. The van der Waals surface area contributed by atoms with E-state index in [2.05, 4.69) is 29.1 Å². The van der Waals surface area contributed by atoms with Gasteiger partial charge < -0.3 is 24.5 Å². The Kier molecular flexibility index (Phi) is 10.1. The van der Waals surface area contributed by atoms with Crippen molar-refractivity contribution < 1.29 is 24.2 Å². The first kappa shape index (κ1) is 32.6. The second kappa shape index (κ2) is 13.7. The van der Waals surface area contributed by atoms with E-state index in [0.29, 0.717) is 41.6 Å². The topological polar surface area (TPSA) is 90.4 Å². The van der Waals surface area contributed by atoms with Crippen molar-refractivity contribution in [2.75, 3.05) is 42.6 Å². The van der Waals surface area contributed by atoms with Crippen LogP contribution in [0.5, 0.6) is 5.75 Å². The van der Waals surface area contributed by atoms with Crippen LogP contribution >= 0.6 is 39.3 Å². The number of halogens is 2. The molecule has 3 aliphatic rings. The van der Waals surface area contributed by atoms with Crippen LogP contribution in [0.25, 0.3) is 0 Å². The van der Waals surface area contributed by atoms with E-state index >= 15 is 0 Å². The highest BCUT2D eigenvalue weighted by atomic mass is 79.9. The van der Waals surface area contributed by atoms with E-state index in [4.69, 9.17) is 16.3 Å². The molecule has 5 rings (SSSR count). The number of nitrogens with zero attached hydrogens (tertiary/aromatic N) is 3. The van der Waals surface area contributed by atoms with E-state index in [1.54, 1.807) is 62.9 Å². The van der Waals surface area contributed by atoms with Gasteiger partial charge in [0.05, 0.1) is 23.2 Å². The third-order valence-electron chi connectivity index (χ3n) is 8.62. The number of benzene rings is 2. The number of fused-ring (bicyclic) bond motifs is 1. The number of alkyl halides is 1. The Labute approximate surface area is 276 Å². The van der Waals surface area contributed by atoms with Crippen LogP contribution < -0.4 is 14.5 Å². The number of ether oxygens (including phenoxy) is 1. The van der Waals surface area contributed by atoms with Crippen molar-refractivity contribution in [2.45, 2.75) is 40.6 Å². The molecule has 0 saturated carbocycles. The Bertz CT molecular complexity index is 1410. The van der Waals surface area contributed by atoms with Gasteiger partial charge in [-0.05, 0) is 68.3 Å². The number of amides is 3. The van der Waals surface area contributed by atoms with Gasteiger partial charge in [0, 0.05) is 52.7 Å². The van der Waals surface area contributed by atoms with Crippen LogP contribution in [0.1, 0.15) is 19.8 Å². The smallest absolute Gasteiger partial charge is 0.251 e. The number of thioether (sulfide) groups is 1. The van der Waals surface area contributed by atoms with Crippen molar-refractivity contribution in [3.05, 3.63) is 78.9 Å². The average molecular weight is 703 g/mol. The van der Waals surface area contributed by atoms with Crippen LogP contribution in [0.15, 0.2) is 73.8 Å². The quantitative estimate of drug-likeness (QED) is 0.225. The van der Waals surface area contributed by atoms with Gasteiger partial charge in [-0.1, -0.05) is 39.7 Å². The normalized spacial score (nSPS) is 26.8. The number of aliphatic hydroxyl groups excluding tert-OH is 1. The molecule has 3 fully saturated rings. The maximum absolute atomic E-state index is 14.6. The minimum Gasteiger partial charge on any atom is -0.494 e. The lowest BCUT2D eigenvalue weighted by molar-refractivity contribution is -0.139. The molecule has 1 spiro atoms. The van der Waals surface area contributed by atoms with Crippen molar-refractivity contribution in [2.24, 2.45) is 11.8 Å². The molecule has 2 aromatic rings. The van der Waals surface area contributed by atoms with Gasteiger partial charge in [0.15, 0.2) is 0 Å². The molecule has 3 amide bonds. The zero-order chi connectivity index (χ0) is 31.6. The monoisotopic (exact) mass is 701 g/mol. The summed E-state index contributed by atoms with van der Waals surface area (Å²) in [6.07, 6.45) is 4.20. The van der Waals surface area contributed by atoms with E-state index in [0.717, 1.165) is 0 Å². The van der Waals surface area contributed by atoms with Gasteiger partial charge in [-0.25, -0.2) is 0 Å². The number of rotatable bonds is 13. The fourth-order valence-electron chi connectivity index (χ4n) is 6.91. The van der Waals surface area contributed by atoms with Gasteiger partial charge in [-0.2, -0.15) is 0 Å². The van der Waals surface area contributed by atoms with E-state index in [1.165, 1.54) is 0 Å². The summed E-state index contributed by atoms with van der Waals surface area (Å²) in [6, 6.07) is 13.5. The van der Waals surface area contributed by atoms with Crippen LogP contribution in [0.2, 0.25) is 5.02 Å². The molecular weight excluding hydrogens is 666 g/mol. The summed E-state index contributed by atoms with van der Waals surface area (Å²) in [6.45, 7) is 10.8. The molecule has 2 aromatic carbocycles. The molecule has 0 radical (unpaired) electrons. The maximum atomic E-state index is 14.6. The number of likely N-dealkylation sites (tertiary alicyclic amines) is 1. The van der Waals surface area contributed by atoms with E-state index in [-0.39, 0.29) is 54.0 Å². The summed E-state index contributed by atoms with van der Waals surface area (Å²) in [4.78, 5) is 48.4. The average Bonchev–Trinajstić information content (AvgIpc) is 3.61. The van der Waals surface area contributed by atoms with Crippen LogP contribution in [-0.4, -0.2) is 81.4 Å². The molecule has 3 saturated heterocycles. The molecule has 3 aliphatic heterocycles. The third-order valence-corrected chi connectivity index (χ3v) is 12.1. The summed E-state index contributed by atoms with van der Waals surface area (Å²) in [5.41, 5.74) is 1.32. The molecule has 0 aliphatic carbocycles. The van der Waals surface area contributed by atoms with E-state index in [1.807, 2.05) is 31.2 Å². The number of anilines is 2. The number of carbonyl (C=O) groups is 3. The lowest BCUT2D eigenvalue weighted by Gasteiger charge is -2.38. The standard InChI is InChI=1S/C33H37BrClN3O5S/c1-4-16-36(23-12-14-24(15-13-23)43-6-3)30(40)26-27-31(41)38(18-7-19-39)29(33(27)20-25(34)28(26)44-33)32(42)37(17-5-2)22-10-8-21(35)9-11-22/h4-5,8-15,25-29,39H,1-2,6-7,16-20H2,3H3/t25?,26-,27+,28-,29?,33?/m1/s1. The largest absolute Gasteiger partial charge is 0.494 e. The van der Waals surface area contributed by atoms with Crippen LogP contribution in [0.4, 0.5) is 11.4 Å². The van der Waals surface area contributed by atoms with E-state index in [9.17, 15) is 19.5 Å². The number of aliphatic hydroxyl groups is 1. The Morgan fingerprint density at radius 3 is 2.25 bits per heavy atom. The first-order chi connectivity index (χ1) is 21.2. The molecular formula is C33H37BrClN3O5S. The molecule has 6 atom stereocenters. The van der Waals surface area contributed by atoms with Crippen molar-refractivity contribution in [1.29, 1.82) is 0 Å². The zero-order valence-corrected chi connectivity index (χ0v) is 27.8. The molecule has 8 nitrogen and oxygen atoms in total. The highest BCUT2D eigenvalue weighted by molar-refractivity contribution is 9.09. The first-order valence-corrected chi connectivity index (χ1v) is 17.0. The zero-order valence-electron chi connectivity index (χ0n) is 24.6. The summed E-state index contributed by atoms with van der Waals surface area (Å²) in [5.74, 6) is -1.28. The lowest BCUT2D eigenvalue weighted by Crippen LogP contribution is -2.56. The van der Waals surface area contributed by atoms with Gasteiger partial charge >= 0.3 is 0 Å². The molecule has 234 valence electrons. The molecule has 1 N–H and O–H groups in total. The summed E-state index contributed by atoms with van der Waals surface area (Å²) in [5, 5.41) is 10.1. The summed E-state index contributed by atoms with van der Waals surface area (Å²) in [7, 11) is 0. The first-order valence-electron chi connectivity index (χ1n) is 14.8. The Hall–Kier alpha value is -2.79. The highest BCUT2D eigenvalue weighted by Crippen LogP contribution is 2.68. The van der Waals surface area contributed by atoms with Gasteiger partial charge in [-0.15, -0.1) is 24.9 Å². The molecule has 3 unspecified atom stereocenters. The Balaban J connectivity index is 1.55. The van der Waals surface area contributed by atoms with Crippen LogP contribution in [0.3, 0.4) is 0 Å². The fraction of sp³-hybridized carbons (Fsp3) is 0.424. The van der Waals surface area contributed by atoms with Crippen molar-refractivity contribution >= 4 is 68.4 Å². The third kappa shape index (κ3) is 5.70. The number of hydrogen-bond acceptors (Lipinski definition) is 6. The molecule has 44 heavy (non-hydrogen) atoms. The van der Waals surface area contributed by atoms with Crippen LogP contribution in [0, 0.1) is 11.8 Å². The Morgan fingerprint density at radius 1 is 1.09 bits per heavy atom. The van der Waals surface area contributed by atoms with Gasteiger partial charge in [0.25, 0.3) is 5.91 Å². The highest BCUT2D eigenvalue weighted by Gasteiger charge is 2.76. The Morgan fingerprint density at radius 2 is 1.68 bits per heavy atom. The number of carbonyl (C=O) groups excluding carboxylic acids is 3. The van der Waals surface area contributed by atoms with Gasteiger partial charge in [-0.3, -0.25) is 14.4 Å². The minimum absolute atomic E-state index is 0.0760. The second-order valence-electron chi connectivity index (χ2n) is 11.2. The lowest BCUT2D eigenvalue weighted by atomic mass is 9.70. The maximum Gasteiger partial charge on any atom is 0.251 e.